The van der Waals surface area contributed by atoms with Gasteiger partial charge >= 0.3 is 0 Å². The zero-order valence-electron chi connectivity index (χ0n) is 11.7. The Labute approximate surface area is 114 Å². The smallest absolute Gasteiger partial charge is 0.227 e. The van der Waals surface area contributed by atoms with Crippen LogP contribution in [0.4, 0.5) is 11.4 Å². The maximum Gasteiger partial charge on any atom is 0.227 e. The zero-order chi connectivity index (χ0) is 13.8. The summed E-state index contributed by atoms with van der Waals surface area (Å²) < 4.78 is 5.55. The van der Waals surface area contributed by atoms with Crippen molar-refractivity contribution >= 4 is 17.3 Å². The number of nitrogens with zero attached hydrogens (tertiary/aromatic N) is 1. The second-order valence-electron chi connectivity index (χ2n) is 5.21. The number of anilines is 2. The van der Waals surface area contributed by atoms with Gasteiger partial charge in [0, 0.05) is 24.3 Å². The molecule has 0 saturated carbocycles. The van der Waals surface area contributed by atoms with Gasteiger partial charge in [-0.1, -0.05) is 0 Å². The normalized spacial score (nSPS) is 15.5. The second-order valence-corrected chi connectivity index (χ2v) is 5.21. The first-order valence-corrected chi connectivity index (χ1v) is 6.88. The number of aryl methyl sites for hydroxylation is 1. The maximum atomic E-state index is 12.2. The molecule has 1 aliphatic heterocycles. The molecule has 2 rings (SSSR count). The number of hydrogen-bond acceptors (Lipinski definition) is 3. The number of ether oxygens (including phenoxy) is 1. The van der Waals surface area contributed by atoms with E-state index >= 15 is 0 Å². The molecule has 104 valence electrons. The fraction of sp³-hybridized carbons (Fsp3) is 0.533. The Balaban J connectivity index is 2.18. The van der Waals surface area contributed by atoms with Crippen LogP contribution in [0.1, 0.15) is 32.3 Å². The minimum atomic E-state index is 0.177. The summed E-state index contributed by atoms with van der Waals surface area (Å²) in [5, 5.41) is 0. The molecule has 0 aromatic heterocycles. The molecule has 0 saturated heterocycles. The molecular weight excluding hydrogens is 240 g/mol. The van der Waals surface area contributed by atoms with Crippen molar-refractivity contribution in [2.45, 2.75) is 39.2 Å². The quantitative estimate of drug-likeness (QED) is 0.847. The van der Waals surface area contributed by atoms with Crippen LogP contribution >= 0.6 is 0 Å². The molecule has 0 bridgehead atoms. The third kappa shape index (κ3) is 3.47. The van der Waals surface area contributed by atoms with Gasteiger partial charge in [-0.25, -0.2) is 0 Å². The molecule has 1 heterocycles. The molecule has 1 aromatic rings. The Morgan fingerprint density at radius 1 is 1.37 bits per heavy atom. The third-order valence-corrected chi connectivity index (χ3v) is 3.30. The average molecular weight is 262 g/mol. The van der Waals surface area contributed by atoms with Crippen LogP contribution in [0, 0.1) is 0 Å². The van der Waals surface area contributed by atoms with Crippen LogP contribution in [0.15, 0.2) is 18.2 Å². The average Bonchev–Trinajstić information content (AvgIpc) is 2.49. The topological polar surface area (TPSA) is 55.6 Å². The van der Waals surface area contributed by atoms with Gasteiger partial charge < -0.3 is 15.4 Å². The minimum absolute atomic E-state index is 0.177. The Morgan fingerprint density at radius 3 is 2.89 bits per heavy atom. The molecule has 0 spiro atoms. The zero-order valence-corrected chi connectivity index (χ0v) is 11.7. The van der Waals surface area contributed by atoms with Gasteiger partial charge in [0.1, 0.15) is 0 Å². The lowest BCUT2D eigenvalue weighted by Gasteiger charge is -2.23. The van der Waals surface area contributed by atoms with Gasteiger partial charge in [-0.05, 0) is 50.5 Å². The van der Waals surface area contributed by atoms with Crippen molar-refractivity contribution in [2.75, 3.05) is 23.8 Å². The molecule has 1 aliphatic rings. The van der Waals surface area contributed by atoms with Crippen molar-refractivity contribution in [1.82, 2.24) is 0 Å². The molecule has 1 amide bonds. The summed E-state index contributed by atoms with van der Waals surface area (Å²) in [6.45, 7) is 5.17. The molecule has 1 aromatic carbocycles. The number of carbonyl (C=O) groups excluding carboxylic acids is 1. The highest BCUT2D eigenvalue weighted by Crippen LogP contribution is 2.28. The van der Waals surface area contributed by atoms with E-state index in [-0.39, 0.29) is 12.0 Å². The number of benzene rings is 1. The molecule has 0 atom stereocenters. The molecule has 0 aliphatic carbocycles. The fourth-order valence-electron chi connectivity index (χ4n) is 2.39. The Bertz CT molecular complexity index is 457. The largest absolute Gasteiger partial charge is 0.399 e. The molecular formula is C15H22N2O2. The lowest BCUT2D eigenvalue weighted by atomic mass is 10.1. The van der Waals surface area contributed by atoms with Crippen molar-refractivity contribution in [2.24, 2.45) is 0 Å². The van der Waals surface area contributed by atoms with Gasteiger partial charge in [0.25, 0.3) is 0 Å². The molecule has 0 radical (unpaired) electrons. The summed E-state index contributed by atoms with van der Waals surface area (Å²) in [5.74, 6) is 0.177. The van der Waals surface area contributed by atoms with Crippen molar-refractivity contribution in [3.8, 4) is 0 Å². The molecule has 4 nitrogen and oxygen atoms in total. The molecule has 19 heavy (non-hydrogen) atoms. The van der Waals surface area contributed by atoms with Gasteiger partial charge in [-0.2, -0.15) is 0 Å². The summed E-state index contributed by atoms with van der Waals surface area (Å²) in [4.78, 5) is 14.0. The van der Waals surface area contributed by atoms with Crippen LogP contribution in [0.3, 0.4) is 0 Å². The number of nitrogen functional groups attached to an aromatic ring is 1. The number of amides is 1. The number of carbonyl (C=O) groups is 1. The number of hydrogen-bond donors (Lipinski definition) is 1. The van der Waals surface area contributed by atoms with Crippen LogP contribution in [0.5, 0.6) is 0 Å². The molecule has 0 unspecified atom stereocenters. The highest BCUT2D eigenvalue weighted by atomic mass is 16.5. The van der Waals surface area contributed by atoms with E-state index in [4.69, 9.17) is 10.5 Å². The van der Waals surface area contributed by atoms with Crippen molar-refractivity contribution in [1.29, 1.82) is 0 Å². The molecule has 0 fully saturated rings. The van der Waals surface area contributed by atoms with Crippen molar-refractivity contribution < 1.29 is 9.53 Å². The van der Waals surface area contributed by atoms with Crippen LogP contribution in [0.25, 0.3) is 0 Å². The van der Waals surface area contributed by atoms with E-state index < -0.39 is 0 Å². The standard InChI is InChI=1S/C15H22N2O2/c1-11(2)19-9-8-17-14-7-6-13(16)10-12(14)4-3-5-15(17)18/h6-7,10-11H,3-5,8-9,16H2,1-2H3. The first-order chi connectivity index (χ1) is 9.08. The van der Waals surface area contributed by atoms with E-state index in [2.05, 4.69) is 0 Å². The second kappa shape index (κ2) is 6.06. The SMILES string of the molecule is CC(C)OCCN1C(=O)CCCc2cc(N)ccc21. The van der Waals surface area contributed by atoms with Crippen LogP contribution in [-0.2, 0) is 16.0 Å². The van der Waals surface area contributed by atoms with Gasteiger partial charge in [0.2, 0.25) is 5.91 Å². The van der Waals surface area contributed by atoms with Crippen LogP contribution < -0.4 is 10.6 Å². The Hall–Kier alpha value is -1.55. The van der Waals surface area contributed by atoms with Gasteiger partial charge in [0.05, 0.1) is 12.7 Å². The van der Waals surface area contributed by atoms with E-state index in [1.807, 2.05) is 36.9 Å². The van der Waals surface area contributed by atoms with Crippen molar-refractivity contribution in [3.63, 3.8) is 0 Å². The first kappa shape index (κ1) is 13.9. The minimum Gasteiger partial charge on any atom is -0.399 e. The lowest BCUT2D eigenvalue weighted by Crippen LogP contribution is -2.34. The molecule has 2 N–H and O–H groups in total. The summed E-state index contributed by atoms with van der Waals surface area (Å²) >= 11 is 0. The Kier molecular flexibility index (Phi) is 4.43. The van der Waals surface area contributed by atoms with E-state index in [9.17, 15) is 4.79 Å². The van der Waals surface area contributed by atoms with Crippen LogP contribution in [-0.4, -0.2) is 25.2 Å². The fourth-order valence-corrected chi connectivity index (χ4v) is 2.39. The number of nitrogens with two attached hydrogens (primary N) is 1. The predicted molar refractivity (Wildman–Crippen MR) is 77.2 cm³/mol. The molecule has 4 heteroatoms. The predicted octanol–water partition coefficient (Wildman–Crippen LogP) is 2.36. The number of rotatable bonds is 4. The van der Waals surface area contributed by atoms with Crippen molar-refractivity contribution in [3.05, 3.63) is 23.8 Å². The lowest BCUT2D eigenvalue weighted by molar-refractivity contribution is -0.118. The summed E-state index contributed by atoms with van der Waals surface area (Å²) in [6, 6.07) is 5.78. The van der Waals surface area contributed by atoms with E-state index in [1.165, 1.54) is 0 Å². The van der Waals surface area contributed by atoms with E-state index in [0.717, 1.165) is 29.8 Å². The van der Waals surface area contributed by atoms with Gasteiger partial charge in [-0.3, -0.25) is 4.79 Å². The summed E-state index contributed by atoms with van der Waals surface area (Å²) in [7, 11) is 0. The maximum absolute atomic E-state index is 12.2. The summed E-state index contributed by atoms with van der Waals surface area (Å²) in [6.07, 6.45) is 2.58. The third-order valence-electron chi connectivity index (χ3n) is 3.30. The highest BCUT2D eigenvalue weighted by molar-refractivity contribution is 5.95. The van der Waals surface area contributed by atoms with Crippen LogP contribution in [0.2, 0.25) is 0 Å². The Morgan fingerprint density at radius 2 is 2.16 bits per heavy atom. The van der Waals surface area contributed by atoms with Gasteiger partial charge in [0.15, 0.2) is 0 Å². The summed E-state index contributed by atoms with van der Waals surface area (Å²) in [5.41, 5.74) is 8.73. The first-order valence-electron chi connectivity index (χ1n) is 6.88. The van der Waals surface area contributed by atoms with Gasteiger partial charge in [-0.15, -0.1) is 0 Å². The monoisotopic (exact) mass is 262 g/mol. The van der Waals surface area contributed by atoms with E-state index in [1.54, 1.807) is 0 Å². The van der Waals surface area contributed by atoms with E-state index in [0.29, 0.717) is 19.6 Å². The highest BCUT2D eigenvalue weighted by Gasteiger charge is 2.21. The number of fused-ring (bicyclic) bond motifs is 1.